The van der Waals surface area contributed by atoms with Crippen LogP contribution in [0.4, 0.5) is 0 Å². The minimum Gasteiger partial charge on any atom is -0.353 e. The predicted molar refractivity (Wildman–Crippen MR) is 68.9 cm³/mol. The fourth-order valence-corrected chi connectivity index (χ4v) is 3.84. The minimum atomic E-state index is -3.76. The van der Waals surface area contributed by atoms with Gasteiger partial charge in [0.25, 0.3) is 10.0 Å². The Morgan fingerprint density at radius 2 is 2.05 bits per heavy atom. The Bertz CT molecular complexity index is 598. The molecule has 1 N–H and O–H groups in total. The van der Waals surface area contributed by atoms with Crippen LogP contribution in [0.25, 0.3) is 0 Å². The number of rotatable bonds is 2. The summed E-state index contributed by atoms with van der Waals surface area (Å²) in [7, 11) is -2.03. The molecule has 2 heterocycles. The second-order valence-electron chi connectivity index (χ2n) is 5.13. The number of sulfonamides is 1. The summed E-state index contributed by atoms with van der Waals surface area (Å²) >= 11 is 0. The number of imidazole rings is 1. The molecular weight excluding hydrogens is 268 g/mol. The fourth-order valence-electron chi connectivity index (χ4n) is 2.06. The number of nitrogens with one attached hydrogen (secondary N) is 1. The third kappa shape index (κ3) is 2.14. The van der Waals surface area contributed by atoms with Crippen molar-refractivity contribution in [3.8, 4) is 0 Å². The van der Waals surface area contributed by atoms with Crippen LogP contribution in [-0.2, 0) is 21.9 Å². The largest absolute Gasteiger partial charge is 0.353 e. The number of piperazine rings is 1. The first kappa shape index (κ1) is 14.0. The van der Waals surface area contributed by atoms with Crippen LogP contribution < -0.4 is 5.32 Å². The standard InChI is InChI=1S/C11H18N4O3S/c1-8-13-9(7-14(8)4)19(17,18)15-6-5-12-10(16)11(15,2)3/h7H,5-6H2,1-4H3,(H,12,16). The normalized spacial score (nSPS) is 20.3. The summed E-state index contributed by atoms with van der Waals surface area (Å²) in [6.07, 6.45) is 1.47. The van der Waals surface area contributed by atoms with E-state index in [9.17, 15) is 13.2 Å². The van der Waals surface area contributed by atoms with Crippen LogP contribution in [0.5, 0.6) is 0 Å². The number of amides is 1. The van der Waals surface area contributed by atoms with Gasteiger partial charge < -0.3 is 9.88 Å². The van der Waals surface area contributed by atoms with Gasteiger partial charge in [-0.1, -0.05) is 0 Å². The molecule has 7 nitrogen and oxygen atoms in total. The van der Waals surface area contributed by atoms with Crippen LogP contribution in [0, 0.1) is 6.92 Å². The van der Waals surface area contributed by atoms with E-state index in [1.165, 1.54) is 10.5 Å². The molecule has 1 aliphatic rings. The maximum absolute atomic E-state index is 12.6. The fraction of sp³-hybridized carbons (Fsp3) is 0.636. The van der Waals surface area contributed by atoms with Crippen LogP contribution in [0.15, 0.2) is 11.2 Å². The zero-order valence-corrected chi connectivity index (χ0v) is 12.3. The molecule has 0 saturated carbocycles. The molecular formula is C11H18N4O3S. The Morgan fingerprint density at radius 3 is 2.58 bits per heavy atom. The quantitative estimate of drug-likeness (QED) is 0.804. The molecule has 1 aliphatic heterocycles. The number of carbonyl (C=O) groups excluding carboxylic acids is 1. The van der Waals surface area contributed by atoms with Gasteiger partial charge in [-0.3, -0.25) is 4.79 Å². The van der Waals surface area contributed by atoms with Crippen LogP contribution in [0.3, 0.4) is 0 Å². The van der Waals surface area contributed by atoms with Crippen molar-refractivity contribution in [2.24, 2.45) is 7.05 Å². The van der Waals surface area contributed by atoms with Crippen LogP contribution in [0.1, 0.15) is 19.7 Å². The van der Waals surface area contributed by atoms with E-state index in [1.54, 1.807) is 32.4 Å². The van der Waals surface area contributed by atoms with Crippen molar-refractivity contribution < 1.29 is 13.2 Å². The number of carbonyl (C=O) groups is 1. The Kier molecular flexibility index (Phi) is 3.18. The molecule has 8 heteroatoms. The van der Waals surface area contributed by atoms with Crippen molar-refractivity contribution in [2.45, 2.75) is 31.3 Å². The van der Waals surface area contributed by atoms with Crippen molar-refractivity contribution in [3.63, 3.8) is 0 Å². The van der Waals surface area contributed by atoms with Gasteiger partial charge in [0.2, 0.25) is 5.91 Å². The summed E-state index contributed by atoms with van der Waals surface area (Å²) < 4.78 is 28.0. The highest BCUT2D eigenvalue weighted by Crippen LogP contribution is 2.26. The Hall–Kier alpha value is -1.41. The molecule has 19 heavy (non-hydrogen) atoms. The van der Waals surface area contributed by atoms with Gasteiger partial charge in [0, 0.05) is 26.3 Å². The zero-order chi connectivity index (χ0) is 14.4. The van der Waals surface area contributed by atoms with E-state index in [2.05, 4.69) is 10.3 Å². The first-order valence-corrected chi connectivity index (χ1v) is 7.42. The highest BCUT2D eigenvalue weighted by atomic mass is 32.2. The van der Waals surface area contributed by atoms with Crippen LogP contribution >= 0.6 is 0 Å². The molecule has 106 valence electrons. The van der Waals surface area contributed by atoms with Crippen LogP contribution in [0.2, 0.25) is 0 Å². The molecule has 1 amide bonds. The first-order chi connectivity index (χ1) is 8.67. The van der Waals surface area contributed by atoms with E-state index in [0.29, 0.717) is 12.4 Å². The third-order valence-corrected chi connectivity index (χ3v) is 5.37. The van der Waals surface area contributed by atoms with E-state index in [-0.39, 0.29) is 17.5 Å². The molecule has 1 aromatic heterocycles. The molecule has 0 aliphatic carbocycles. The van der Waals surface area contributed by atoms with Crippen molar-refractivity contribution in [1.82, 2.24) is 19.2 Å². The second-order valence-corrected chi connectivity index (χ2v) is 6.94. The number of nitrogens with zero attached hydrogens (tertiary/aromatic N) is 3. The van der Waals surface area contributed by atoms with Gasteiger partial charge in [-0.25, -0.2) is 13.4 Å². The van der Waals surface area contributed by atoms with Gasteiger partial charge in [0.1, 0.15) is 11.4 Å². The van der Waals surface area contributed by atoms with Crippen molar-refractivity contribution in [2.75, 3.05) is 13.1 Å². The van der Waals surface area contributed by atoms with E-state index < -0.39 is 15.6 Å². The van der Waals surface area contributed by atoms with Gasteiger partial charge in [0.05, 0.1) is 0 Å². The number of hydrogen-bond acceptors (Lipinski definition) is 4. The van der Waals surface area contributed by atoms with Gasteiger partial charge in [-0.15, -0.1) is 0 Å². The highest BCUT2D eigenvalue weighted by molar-refractivity contribution is 7.89. The van der Waals surface area contributed by atoms with E-state index in [0.717, 1.165) is 0 Å². The van der Waals surface area contributed by atoms with Crippen molar-refractivity contribution >= 4 is 15.9 Å². The topological polar surface area (TPSA) is 84.3 Å². The number of hydrogen-bond donors (Lipinski definition) is 1. The van der Waals surface area contributed by atoms with E-state index in [1.807, 2.05) is 0 Å². The number of aromatic nitrogens is 2. The smallest absolute Gasteiger partial charge is 0.263 e. The lowest BCUT2D eigenvalue weighted by Crippen LogP contribution is -2.63. The summed E-state index contributed by atoms with van der Waals surface area (Å²) in [5.41, 5.74) is -1.11. The molecule has 0 spiro atoms. The zero-order valence-electron chi connectivity index (χ0n) is 11.5. The van der Waals surface area contributed by atoms with Gasteiger partial charge in [-0.05, 0) is 20.8 Å². The lowest BCUT2D eigenvalue weighted by Gasteiger charge is -2.39. The van der Waals surface area contributed by atoms with E-state index >= 15 is 0 Å². The second kappa shape index (κ2) is 4.31. The number of aryl methyl sites for hydroxylation is 2. The summed E-state index contributed by atoms with van der Waals surface area (Å²) in [5.74, 6) is 0.313. The lowest BCUT2D eigenvalue weighted by atomic mass is 10.0. The Labute approximate surface area is 112 Å². The Morgan fingerprint density at radius 1 is 1.42 bits per heavy atom. The Balaban J connectivity index is 2.47. The van der Waals surface area contributed by atoms with Gasteiger partial charge >= 0.3 is 0 Å². The average Bonchev–Trinajstić information content (AvgIpc) is 2.63. The van der Waals surface area contributed by atoms with Gasteiger partial charge in [-0.2, -0.15) is 4.31 Å². The molecule has 2 rings (SSSR count). The van der Waals surface area contributed by atoms with Crippen LogP contribution in [-0.4, -0.2) is 46.8 Å². The lowest BCUT2D eigenvalue weighted by molar-refractivity contribution is -0.131. The predicted octanol–water partition coefficient (Wildman–Crippen LogP) is -0.372. The van der Waals surface area contributed by atoms with Gasteiger partial charge in [0.15, 0.2) is 5.03 Å². The molecule has 0 radical (unpaired) electrons. The van der Waals surface area contributed by atoms with E-state index in [4.69, 9.17) is 0 Å². The SMILES string of the molecule is Cc1nc(S(=O)(=O)N2CCNC(=O)C2(C)C)cn1C. The highest BCUT2D eigenvalue weighted by Gasteiger charge is 2.45. The van der Waals surface area contributed by atoms with Crippen molar-refractivity contribution in [1.29, 1.82) is 0 Å². The average molecular weight is 286 g/mol. The molecule has 0 bridgehead atoms. The first-order valence-electron chi connectivity index (χ1n) is 5.98. The summed E-state index contributed by atoms with van der Waals surface area (Å²) in [5, 5.41) is 2.65. The summed E-state index contributed by atoms with van der Waals surface area (Å²) in [6.45, 7) is 5.47. The maximum atomic E-state index is 12.6. The maximum Gasteiger partial charge on any atom is 0.263 e. The minimum absolute atomic E-state index is 0.0183. The third-order valence-electron chi connectivity index (χ3n) is 3.42. The molecule has 1 saturated heterocycles. The molecule has 0 unspecified atom stereocenters. The molecule has 0 atom stereocenters. The monoisotopic (exact) mass is 286 g/mol. The molecule has 0 aromatic carbocycles. The summed E-state index contributed by atoms with van der Waals surface area (Å²) in [6, 6.07) is 0. The van der Waals surface area contributed by atoms with Crippen molar-refractivity contribution in [3.05, 3.63) is 12.0 Å². The molecule has 1 fully saturated rings. The molecule has 1 aromatic rings. The summed E-state index contributed by atoms with van der Waals surface area (Å²) in [4.78, 5) is 15.9.